The molecular formula is C11H20N2O4S. The lowest BCUT2D eigenvalue weighted by Gasteiger charge is -2.29. The summed E-state index contributed by atoms with van der Waals surface area (Å²) in [5, 5.41) is 2.66. The van der Waals surface area contributed by atoms with Gasteiger partial charge >= 0.3 is 6.03 Å². The van der Waals surface area contributed by atoms with Gasteiger partial charge in [-0.2, -0.15) is 0 Å². The fourth-order valence-electron chi connectivity index (χ4n) is 1.88. The number of carbonyl (C=O) groups is 2. The lowest BCUT2D eigenvalue weighted by molar-refractivity contribution is -0.119. The van der Waals surface area contributed by atoms with Crippen LogP contribution in [0.3, 0.4) is 0 Å². The number of hydrogen-bond donors (Lipinski definition) is 1. The Labute approximate surface area is 108 Å². The molecule has 6 nitrogen and oxygen atoms in total. The Kier molecular flexibility index (Phi) is 4.72. The van der Waals surface area contributed by atoms with Gasteiger partial charge in [0.25, 0.3) is 0 Å². The zero-order valence-electron chi connectivity index (χ0n) is 11.0. The minimum atomic E-state index is -3.00. The number of hydrogen-bond acceptors (Lipinski definition) is 4. The van der Waals surface area contributed by atoms with E-state index in [-0.39, 0.29) is 42.3 Å². The topological polar surface area (TPSA) is 83.6 Å². The van der Waals surface area contributed by atoms with Crippen molar-refractivity contribution in [1.82, 2.24) is 10.2 Å². The van der Waals surface area contributed by atoms with Crippen LogP contribution in [0.1, 0.15) is 20.8 Å². The van der Waals surface area contributed by atoms with Crippen molar-refractivity contribution in [3.05, 3.63) is 0 Å². The van der Waals surface area contributed by atoms with E-state index in [4.69, 9.17) is 0 Å². The molecule has 1 atom stereocenters. The Morgan fingerprint density at radius 3 is 2.06 bits per heavy atom. The highest BCUT2D eigenvalue weighted by Gasteiger charge is 2.28. The maximum atomic E-state index is 11.9. The Morgan fingerprint density at radius 1 is 1.17 bits per heavy atom. The van der Waals surface area contributed by atoms with Gasteiger partial charge in [0.15, 0.2) is 15.6 Å². The van der Waals surface area contributed by atoms with E-state index in [1.165, 1.54) is 11.8 Å². The predicted molar refractivity (Wildman–Crippen MR) is 68.1 cm³/mol. The first kappa shape index (κ1) is 14.9. The summed E-state index contributed by atoms with van der Waals surface area (Å²) < 4.78 is 22.5. The fraction of sp³-hybridized carbons (Fsp3) is 0.818. The number of sulfone groups is 1. The number of rotatable bonds is 3. The molecule has 1 heterocycles. The average Bonchev–Trinajstić information content (AvgIpc) is 2.24. The highest BCUT2D eigenvalue weighted by atomic mass is 32.2. The molecule has 2 amide bonds. The van der Waals surface area contributed by atoms with Crippen molar-refractivity contribution in [2.45, 2.75) is 26.8 Å². The maximum absolute atomic E-state index is 11.9. The summed E-state index contributed by atoms with van der Waals surface area (Å²) in [4.78, 5) is 24.7. The van der Waals surface area contributed by atoms with Crippen molar-refractivity contribution < 1.29 is 18.0 Å². The predicted octanol–water partition coefficient (Wildman–Crippen LogP) is 0.0400. The highest BCUT2D eigenvalue weighted by Crippen LogP contribution is 2.07. The number of nitrogens with zero attached hydrogens (tertiary/aromatic N) is 1. The van der Waals surface area contributed by atoms with Crippen LogP contribution in [0.25, 0.3) is 0 Å². The molecule has 1 aliphatic rings. The lowest BCUT2D eigenvalue weighted by atomic mass is 10.0. The molecule has 0 spiro atoms. The van der Waals surface area contributed by atoms with E-state index >= 15 is 0 Å². The summed E-state index contributed by atoms with van der Waals surface area (Å²) in [6.45, 7) is 5.53. The highest BCUT2D eigenvalue weighted by molar-refractivity contribution is 7.91. The SMILES string of the molecule is CC(=O)[C@@H](NC(=O)N1CCS(=O)(=O)CC1)C(C)C. The van der Waals surface area contributed by atoms with Crippen molar-refractivity contribution >= 4 is 21.7 Å². The third kappa shape index (κ3) is 3.97. The molecule has 0 aromatic rings. The first-order valence-corrected chi connectivity index (χ1v) is 7.81. The molecule has 1 aliphatic heterocycles. The molecule has 104 valence electrons. The van der Waals surface area contributed by atoms with Crippen LogP contribution in [0.2, 0.25) is 0 Å². The number of nitrogens with one attached hydrogen (secondary N) is 1. The third-order valence-electron chi connectivity index (χ3n) is 3.02. The Hall–Kier alpha value is -1.11. The van der Waals surface area contributed by atoms with E-state index in [0.29, 0.717) is 0 Å². The maximum Gasteiger partial charge on any atom is 0.318 e. The summed E-state index contributed by atoms with van der Waals surface area (Å²) >= 11 is 0. The monoisotopic (exact) mass is 276 g/mol. The van der Waals surface area contributed by atoms with E-state index in [0.717, 1.165) is 0 Å². The van der Waals surface area contributed by atoms with Gasteiger partial charge in [0.2, 0.25) is 0 Å². The van der Waals surface area contributed by atoms with Crippen LogP contribution in [-0.2, 0) is 14.6 Å². The molecule has 18 heavy (non-hydrogen) atoms. The van der Waals surface area contributed by atoms with Crippen molar-refractivity contribution in [3.8, 4) is 0 Å². The molecule has 1 rings (SSSR count). The van der Waals surface area contributed by atoms with Crippen molar-refractivity contribution in [1.29, 1.82) is 0 Å². The van der Waals surface area contributed by atoms with Crippen LogP contribution < -0.4 is 5.32 Å². The number of urea groups is 1. The molecule has 1 N–H and O–H groups in total. The molecule has 0 aliphatic carbocycles. The van der Waals surface area contributed by atoms with Gasteiger partial charge in [-0.3, -0.25) is 4.79 Å². The average molecular weight is 276 g/mol. The fourth-order valence-corrected chi connectivity index (χ4v) is 3.08. The molecule has 0 radical (unpaired) electrons. The van der Waals surface area contributed by atoms with Crippen molar-refractivity contribution in [2.24, 2.45) is 5.92 Å². The zero-order chi connectivity index (χ0) is 13.9. The van der Waals surface area contributed by atoms with Gasteiger partial charge in [0.1, 0.15) is 0 Å². The van der Waals surface area contributed by atoms with Gasteiger partial charge in [-0.25, -0.2) is 13.2 Å². The Morgan fingerprint density at radius 2 is 1.67 bits per heavy atom. The van der Waals surface area contributed by atoms with Gasteiger partial charge in [0, 0.05) is 13.1 Å². The number of ketones is 1. The Bertz CT molecular complexity index is 416. The van der Waals surface area contributed by atoms with Crippen LogP contribution in [0, 0.1) is 5.92 Å². The number of amides is 2. The normalized spacial score (nSPS) is 20.6. The quantitative estimate of drug-likeness (QED) is 0.789. The second-order valence-corrected chi connectivity index (χ2v) is 7.22. The third-order valence-corrected chi connectivity index (χ3v) is 4.62. The first-order valence-electron chi connectivity index (χ1n) is 5.99. The largest absolute Gasteiger partial charge is 0.328 e. The summed E-state index contributed by atoms with van der Waals surface area (Å²) in [7, 11) is -3.00. The van der Waals surface area contributed by atoms with Gasteiger partial charge in [-0.05, 0) is 12.8 Å². The summed E-state index contributed by atoms with van der Waals surface area (Å²) in [5.74, 6) is -0.0948. The molecule has 0 unspecified atom stereocenters. The van der Waals surface area contributed by atoms with E-state index < -0.39 is 15.9 Å². The first-order chi connectivity index (χ1) is 8.23. The van der Waals surface area contributed by atoms with Crippen LogP contribution in [0.5, 0.6) is 0 Å². The molecule has 0 bridgehead atoms. The number of carbonyl (C=O) groups excluding carboxylic acids is 2. The van der Waals surface area contributed by atoms with E-state index in [2.05, 4.69) is 5.32 Å². The van der Waals surface area contributed by atoms with E-state index in [9.17, 15) is 18.0 Å². The minimum absolute atomic E-state index is 0.00711. The molecular weight excluding hydrogens is 256 g/mol. The van der Waals surface area contributed by atoms with Gasteiger partial charge in [-0.1, -0.05) is 13.8 Å². The van der Waals surface area contributed by atoms with Crippen LogP contribution in [0.4, 0.5) is 4.79 Å². The van der Waals surface area contributed by atoms with E-state index in [1.54, 1.807) is 0 Å². The van der Waals surface area contributed by atoms with E-state index in [1.807, 2.05) is 13.8 Å². The molecule has 0 aromatic carbocycles. The summed E-state index contributed by atoms with van der Waals surface area (Å²) in [5.41, 5.74) is 0. The standard InChI is InChI=1S/C11H20N2O4S/c1-8(2)10(9(3)14)12-11(15)13-4-6-18(16,17)7-5-13/h8,10H,4-7H2,1-3H3,(H,12,15)/t10-/m0/s1. The van der Waals surface area contributed by atoms with Crippen LogP contribution >= 0.6 is 0 Å². The van der Waals surface area contributed by atoms with Crippen molar-refractivity contribution in [2.75, 3.05) is 24.6 Å². The smallest absolute Gasteiger partial charge is 0.318 e. The lowest BCUT2D eigenvalue weighted by Crippen LogP contribution is -2.53. The summed E-state index contributed by atoms with van der Waals surface area (Å²) in [6.07, 6.45) is 0. The van der Waals surface area contributed by atoms with Gasteiger partial charge in [-0.15, -0.1) is 0 Å². The zero-order valence-corrected chi connectivity index (χ0v) is 11.8. The Balaban J connectivity index is 2.58. The molecule has 1 saturated heterocycles. The van der Waals surface area contributed by atoms with Gasteiger partial charge in [0.05, 0.1) is 17.5 Å². The molecule has 1 fully saturated rings. The minimum Gasteiger partial charge on any atom is -0.328 e. The second-order valence-electron chi connectivity index (χ2n) is 4.92. The molecule has 7 heteroatoms. The van der Waals surface area contributed by atoms with Crippen LogP contribution in [-0.4, -0.2) is 55.8 Å². The molecule has 0 aromatic heterocycles. The van der Waals surface area contributed by atoms with Crippen LogP contribution in [0.15, 0.2) is 0 Å². The summed E-state index contributed by atoms with van der Waals surface area (Å²) in [6, 6.07) is -0.880. The second kappa shape index (κ2) is 5.69. The van der Waals surface area contributed by atoms with Crippen molar-refractivity contribution in [3.63, 3.8) is 0 Å². The molecule has 0 saturated carbocycles. The van der Waals surface area contributed by atoms with Gasteiger partial charge < -0.3 is 10.2 Å². The number of Topliss-reactive ketones (excluding diaryl/α,β-unsaturated/α-hetero) is 1.